The van der Waals surface area contributed by atoms with Gasteiger partial charge in [0, 0.05) is 0 Å². The molecule has 0 spiro atoms. The monoisotopic (exact) mass is 260 g/mol. The van der Waals surface area contributed by atoms with Crippen LogP contribution in [0.1, 0.15) is 27.7 Å². The summed E-state index contributed by atoms with van der Waals surface area (Å²) in [6.07, 6.45) is -1.90. The maximum absolute atomic E-state index is 9.40. The van der Waals surface area contributed by atoms with Gasteiger partial charge in [0.25, 0.3) is 0 Å². The van der Waals surface area contributed by atoms with Gasteiger partial charge in [-0.1, -0.05) is 0 Å². The smallest absolute Gasteiger partial charge is 0.190 e. The van der Waals surface area contributed by atoms with Crippen molar-refractivity contribution in [2.45, 2.75) is 70.0 Å². The van der Waals surface area contributed by atoms with Crippen LogP contribution >= 0.6 is 0 Å². The highest BCUT2D eigenvalue weighted by Crippen LogP contribution is 2.43. The first-order chi connectivity index (χ1) is 8.31. The Morgan fingerprint density at radius 2 is 1.39 bits per heavy atom. The van der Waals surface area contributed by atoms with Gasteiger partial charge in [0.05, 0.1) is 6.61 Å². The molecule has 0 radical (unpaired) electrons. The zero-order valence-electron chi connectivity index (χ0n) is 11.1. The van der Waals surface area contributed by atoms with Crippen LogP contribution < -0.4 is 0 Å². The fraction of sp³-hybridized carbons (Fsp3) is 1.00. The first kappa shape index (κ1) is 12.8. The van der Waals surface area contributed by atoms with Crippen molar-refractivity contribution in [1.82, 2.24) is 0 Å². The quantitative estimate of drug-likeness (QED) is 0.735. The Balaban J connectivity index is 1.86. The summed E-state index contributed by atoms with van der Waals surface area (Å²) in [5, 5.41) is 9.40. The molecule has 0 aliphatic carbocycles. The minimum absolute atomic E-state index is 0.131. The van der Waals surface area contributed by atoms with Crippen LogP contribution in [0.25, 0.3) is 0 Å². The van der Waals surface area contributed by atoms with Crippen LogP contribution in [0, 0.1) is 0 Å². The number of hydrogen-bond acceptors (Lipinski definition) is 6. The van der Waals surface area contributed by atoms with Gasteiger partial charge in [-0.05, 0) is 27.7 Å². The summed E-state index contributed by atoms with van der Waals surface area (Å²) in [6, 6.07) is 0. The van der Waals surface area contributed by atoms with Crippen molar-refractivity contribution < 1.29 is 28.8 Å². The van der Waals surface area contributed by atoms with Crippen LogP contribution in [0.5, 0.6) is 0 Å². The fourth-order valence-corrected chi connectivity index (χ4v) is 2.84. The highest BCUT2D eigenvalue weighted by Gasteiger charge is 2.60. The highest BCUT2D eigenvalue weighted by molar-refractivity contribution is 4.99. The maximum Gasteiger partial charge on any atom is 0.190 e. The van der Waals surface area contributed by atoms with Gasteiger partial charge in [-0.3, -0.25) is 0 Å². The standard InChI is InChI=1S/C12H20O6/c1-11(2)15-7-6(5-13)14-10-9(8(7)16-11)17-12(3,4)18-10/h6-10,13H,5H2,1-4H3/t6-,7+,8+,9?,10?/m0/s1. The van der Waals surface area contributed by atoms with E-state index in [1.807, 2.05) is 27.7 Å². The number of rotatable bonds is 1. The van der Waals surface area contributed by atoms with Gasteiger partial charge < -0.3 is 28.8 Å². The zero-order valence-corrected chi connectivity index (χ0v) is 11.1. The third-order valence-corrected chi connectivity index (χ3v) is 3.43. The average molecular weight is 260 g/mol. The topological polar surface area (TPSA) is 66.4 Å². The van der Waals surface area contributed by atoms with E-state index in [4.69, 9.17) is 23.7 Å². The van der Waals surface area contributed by atoms with E-state index in [-0.39, 0.29) is 24.9 Å². The number of ether oxygens (including phenoxy) is 5. The summed E-state index contributed by atoms with van der Waals surface area (Å²) in [7, 11) is 0. The Hall–Kier alpha value is -0.240. The van der Waals surface area contributed by atoms with E-state index < -0.39 is 24.0 Å². The summed E-state index contributed by atoms with van der Waals surface area (Å²) < 4.78 is 28.9. The van der Waals surface area contributed by atoms with E-state index in [0.29, 0.717) is 0 Å². The van der Waals surface area contributed by atoms with E-state index in [0.717, 1.165) is 0 Å². The second-order valence-corrected chi connectivity index (χ2v) is 5.89. The molecule has 0 aromatic heterocycles. The molecule has 5 atom stereocenters. The van der Waals surface area contributed by atoms with E-state index in [1.165, 1.54) is 0 Å². The van der Waals surface area contributed by atoms with Crippen molar-refractivity contribution in [3.63, 3.8) is 0 Å². The summed E-state index contributed by atoms with van der Waals surface area (Å²) in [5.74, 6) is -1.41. The van der Waals surface area contributed by atoms with Crippen molar-refractivity contribution in [2.75, 3.05) is 6.61 Å². The molecule has 0 aromatic rings. The molecule has 3 rings (SSSR count). The average Bonchev–Trinajstić information content (AvgIpc) is 2.71. The molecule has 3 fully saturated rings. The van der Waals surface area contributed by atoms with Gasteiger partial charge >= 0.3 is 0 Å². The molecule has 3 aliphatic heterocycles. The molecule has 6 nitrogen and oxygen atoms in total. The first-order valence-electron chi connectivity index (χ1n) is 6.29. The second kappa shape index (κ2) is 3.88. The molecule has 0 saturated carbocycles. The molecule has 6 heteroatoms. The molecule has 1 N–H and O–H groups in total. The number of aliphatic hydroxyl groups is 1. The third-order valence-electron chi connectivity index (χ3n) is 3.43. The minimum atomic E-state index is -0.708. The summed E-state index contributed by atoms with van der Waals surface area (Å²) in [4.78, 5) is 0. The number of fused-ring (bicyclic) bond motifs is 3. The molecule has 104 valence electrons. The summed E-state index contributed by atoms with van der Waals surface area (Å²) in [5.41, 5.74) is 0. The van der Waals surface area contributed by atoms with Gasteiger partial charge in [0.1, 0.15) is 24.4 Å². The van der Waals surface area contributed by atoms with Gasteiger partial charge in [-0.15, -0.1) is 0 Å². The normalized spacial score (nSPS) is 48.8. The number of hydrogen-bond donors (Lipinski definition) is 1. The first-order valence-corrected chi connectivity index (χ1v) is 6.29. The Morgan fingerprint density at radius 3 is 2.06 bits per heavy atom. The Kier molecular flexibility index (Phi) is 2.75. The Labute approximate surface area is 106 Å². The highest BCUT2D eigenvalue weighted by atomic mass is 16.9. The third kappa shape index (κ3) is 1.97. The molecule has 3 saturated heterocycles. The lowest BCUT2D eigenvalue weighted by Gasteiger charge is -2.36. The van der Waals surface area contributed by atoms with E-state index in [1.54, 1.807) is 0 Å². The zero-order chi connectivity index (χ0) is 13.1. The molecule has 3 heterocycles. The molecule has 0 aromatic carbocycles. The van der Waals surface area contributed by atoms with Gasteiger partial charge in [0.15, 0.2) is 17.9 Å². The molecule has 18 heavy (non-hydrogen) atoms. The summed E-state index contributed by atoms with van der Waals surface area (Å²) in [6.45, 7) is 7.22. The Morgan fingerprint density at radius 1 is 0.833 bits per heavy atom. The SMILES string of the molecule is CC1(C)OC2O[C@@H](CO)[C@H]3OC(C)(C)O[C@H]3C2O1. The second-order valence-electron chi connectivity index (χ2n) is 5.89. The fourth-order valence-electron chi connectivity index (χ4n) is 2.84. The van der Waals surface area contributed by atoms with Crippen LogP contribution in [-0.4, -0.2) is 54.0 Å². The van der Waals surface area contributed by atoms with Crippen molar-refractivity contribution in [3.05, 3.63) is 0 Å². The van der Waals surface area contributed by atoms with Crippen LogP contribution in [0.15, 0.2) is 0 Å². The molecular formula is C12H20O6. The van der Waals surface area contributed by atoms with E-state index >= 15 is 0 Å². The Bertz CT molecular complexity index is 341. The maximum atomic E-state index is 9.40. The van der Waals surface area contributed by atoms with Crippen LogP contribution in [0.4, 0.5) is 0 Å². The van der Waals surface area contributed by atoms with Crippen LogP contribution in [0.2, 0.25) is 0 Å². The lowest BCUT2D eigenvalue weighted by molar-refractivity contribution is -0.240. The van der Waals surface area contributed by atoms with E-state index in [2.05, 4.69) is 0 Å². The van der Waals surface area contributed by atoms with Crippen molar-refractivity contribution >= 4 is 0 Å². The minimum Gasteiger partial charge on any atom is -0.394 e. The van der Waals surface area contributed by atoms with Crippen molar-refractivity contribution in [2.24, 2.45) is 0 Å². The van der Waals surface area contributed by atoms with Crippen LogP contribution in [0.3, 0.4) is 0 Å². The van der Waals surface area contributed by atoms with Crippen LogP contribution in [-0.2, 0) is 23.7 Å². The number of aliphatic hydroxyl groups excluding tert-OH is 1. The van der Waals surface area contributed by atoms with E-state index in [9.17, 15) is 5.11 Å². The van der Waals surface area contributed by atoms with Crippen molar-refractivity contribution in [1.29, 1.82) is 0 Å². The predicted octanol–water partition coefficient (Wildman–Crippen LogP) is 0.375. The lowest BCUT2D eigenvalue weighted by atomic mass is 9.99. The van der Waals surface area contributed by atoms with Gasteiger partial charge in [-0.25, -0.2) is 0 Å². The molecule has 0 amide bonds. The summed E-state index contributed by atoms with van der Waals surface area (Å²) >= 11 is 0. The van der Waals surface area contributed by atoms with Gasteiger partial charge in [-0.2, -0.15) is 0 Å². The predicted molar refractivity (Wildman–Crippen MR) is 59.6 cm³/mol. The van der Waals surface area contributed by atoms with Gasteiger partial charge in [0.2, 0.25) is 0 Å². The molecule has 0 bridgehead atoms. The van der Waals surface area contributed by atoms with Crippen molar-refractivity contribution in [3.8, 4) is 0 Å². The molecule has 2 unspecified atom stereocenters. The molecular weight excluding hydrogens is 240 g/mol. The largest absolute Gasteiger partial charge is 0.394 e. The molecule has 3 aliphatic rings. The lowest BCUT2D eigenvalue weighted by Crippen LogP contribution is -2.56.